The molecule has 1 saturated carbocycles. The summed E-state index contributed by atoms with van der Waals surface area (Å²) in [6, 6.07) is -0.187. The zero-order valence-corrected chi connectivity index (χ0v) is 7.79. The summed E-state index contributed by atoms with van der Waals surface area (Å²) in [4.78, 5) is 0. The SMILES string of the molecule is Cl.NC1CCC(O)(C(F)(F)F)CC1. The number of halogens is 4. The lowest BCUT2D eigenvalue weighted by Gasteiger charge is -2.35. The minimum atomic E-state index is -4.51. The average molecular weight is 220 g/mol. The summed E-state index contributed by atoms with van der Waals surface area (Å²) >= 11 is 0. The lowest BCUT2D eigenvalue weighted by Crippen LogP contribution is -2.49. The van der Waals surface area contributed by atoms with Crippen LogP contribution in [0.4, 0.5) is 13.2 Å². The average Bonchev–Trinajstić information content (AvgIpc) is 1.93. The Bertz CT molecular complexity index is 166. The van der Waals surface area contributed by atoms with Crippen LogP contribution in [0.1, 0.15) is 25.7 Å². The molecule has 0 amide bonds. The third-order valence-corrected chi connectivity index (χ3v) is 2.39. The van der Waals surface area contributed by atoms with Crippen LogP contribution in [0, 0.1) is 0 Å². The van der Waals surface area contributed by atoms with Crippen LogP contribution in [0.2, 0.25) is 0 Å². The molecule has 0 aromatic carbocycles. The molecule has 13 heavy (non-hydrogen) atoms. The first-order valence-electron chi connectivity index (χ1n) is 3.90. The molecule has 0 saturated heterocycles. The molecule has 0 aliphatic heterocycles. The van der Waals surface area contributed by atoms with E-state index in [1.54, 1.807) is 0 Å². The molecule has 1 rings (SSSR count). The molecule has 0 aromatic rings. The van der Waals surface area contributed by atoms with Crippen LogP contribution >= 0.6 is 12.4 Å². The van der Waals surface area contributed by atoms with Crippen LogP contribution in [0.5, 0.6) is 0 Å². The van der Waals surface area contributed by atoms with Crippen LogP contribution in [0.25, 0.3) is 0 Å². The zero-order valence-electron chi connectivity index (χ0n) is 6.97. The normalized spacial score (nSPS) is 35.3. The fraction of sp³-hybridized carbons (Fsp3) is 1.00. The number of aliphatic hydroxyl groups is 1. The lowest BCUT2D eigenvalue weighted by atomic mass is 9.82. The molecule has 0 bridgehead atoms. The van der Waals surface area contributed by atoms with Gasteiger partial charge in [-0.05, 0) is 25.7 Å². The first-order valence-corrected chi connectivity index (χ1v) is 3.90. The molecule has 80 valence electrons. The van der Waals surface area contributed by atoms with Crippen molar-refractivity contribution in [1.82, 2.24) is 0 Å². The smallest absolute Gasteiger partial charge is 0.380 e. The third kappa shape index (κ3) is 2.72. The highest BCUT2D eigenvalue weighted by Gasteiger charge is 2.54. The summed E-state index contributed by atoms with van der Waals surface area (Å²) in [6.45, 7) is 0. The van der Waals surface area contributed by atoms with Crippen molar-refractivity contribution < 1.29 is 18.3 Å². The van der Waals surface area contributed by atoms with Crippen molar-refractivity contribution in [2.45, 2.75) is 43.5 Å². The first kappa shape index (κ1) is 13.0. The molecule has 1 fully saturated rings. The van der Waals surface area contributed by atoms with E-state index in [9.17, 15) is 13.2 Å². The van der Waals surface area contributed by atoms with E-state index in [1.807, 2.05) is 0 Å². The van der Waals surface area contributed by atoms with E-state index >= 15 is 0 Å². The molecule has 0 radical (unpaired) electrons. The van der Waals surface area contributed by atoms with Gasteiger partial charge in [0, 0.05) is 6.04 Å². The number of alkyl halides is 3. The van der Waals surface area contributed by atoms with E-state index in [1.165, 1.54) is 0 Å². The Labute approximate surface area is 80.7 Å². The van der Waals surface area contributed by atoms with Gasteiger partial charge in [0.2, 0.25) is 0 Å². The number of rotatable bonds is 0. The molecule has 6 heteroatoms. The van der Waals surface area contributed by atoms with Crippen LogP contribution in [0.15, 0.2) is 0 Å². The van der Waals surface area contributed by atoms with Gasteiger partial charge in [0.25, 0.3) is 0 Å². The summed E-state index contributed by atoms with van der Waals surface area (Å²) in [7, 11) is 0. The monoisotopic (exact) mass is 219 g/mol. The molecule has 0 heterocycles. The maximum absolute atomic E-state index is 12.2. The molecule has 0 atom stereocenters. The zero-order chi connectivity index (χ0) is 9.41. The Hall–Kier alpha value is -0.0000000000000000555. The van der Waals surface area contributed by atoms with Crippen LogP contribution in [-0.4, -0.2) is 22.9 Å². The van der Waals surface area contributed by atoms with E-state index in [0.717, 1.165) is 0 Å². The quantitative estimate of drug-likeness (QED) is 0.650. The van der Waals surface area contributed by atoms with Crippen LogP contribution in [-0.2, 0) is 0 Å². The Morgan fingerprint density at radius 1 is 1.23 bits per heavy atom. The number of nitrogens with two attached hydrogens (primary N) is 1. The summed E-state index contributed by atoms with van der Waals surface area (Å²) in [5.74, 6) is 0. The van der Waals surface area contributed by atoms with Gasteiger partial charge in [0.05, 0.1) is 0 Å². The van der Waals surface area contributed by atoms with Crippen molar-refractivity contribution in [3.05, 3.63) is 0 Å². The van der Waals surface area contributed by atoms with E-state index in [4.69, 9.17) is 10.8 Å². The first-order chi connectivity index (χ1) is 5.35. The summed E-state index contributed by atoms with van der Waals surface area (Å²) in [5, 5.41) is 9.14. The topological polar surface area (TPSA) is 46.2 Å². The van der Waals surface area contributed by atoms with Gasteiger partial charge in [-0.3, -0.25) is 0 Å². The van der Waals surface area contributed by atoms with Crippen molar-refractivity contribution in [1.29, 1.82) is 0 Å². The molecule has 0 unspecified atom stereocenters. The molecule has 0 spiro atoms. The minimum absolute atomic E-state index is 0. The van der Waals surface area contributed by atoms with E-state index < -0.39 is 11.8 Å². The highest BCUT2D eigenvalue weighted by Crippen LogP contribution is 2.40. The van der Waals surface area contributed by atoms with Crippen molar-refractivity contribution in [2.24, 2.45) is 5.73 Å². The molecule has 1 aliphatic rings. The largest absolute Gasteiger partial charge is 0.417 e. The van der Waals surface area contributed by atoms with Crippen molar-refractivity contribution in [2.75, 3.05) is 0 Å². The van der Waals surface area contributed by atoms with Gasteiger partial charge in [0.15, 0.2) is 5.60 Å². The Morgan fingerprint density at radius 2 is 1.62 bits per heavy atom. The maximum Gasteiger partial charge on any atom is 0.417 e. The van der Waals surface area contributed by atoms with Gasteiger partial charge in [-0.2, -0.15) is 13.2 Å². The van der Waals surface area contributed by atoms with E-state index in [0.29, 0.717) is 0 Å². The van der Waals surface area contributed by atoms with E-state index in [-0.39, 0.29) is 44.1 Å². The molecular formula is C7H13ClF3NO. The highest BCUT2D eigenvalue weighted by atomic mass is 35.5. The van der Waals surface area contributed by atoms with E-state index in [2.05, 4.69) is 0 Å². The van der Waals surface area contributed by atoms with Crippen LogP contribution < -0.4 is 5.73 Å². The fourth-order valence-corrected chi connectivity index (χ4v) is 1.40. The Balaban J connectivity index is 0.00000144. The van der Waals surface area contributed by atoms with Gasteiger partial charge in [0.1, 0.15) is 0 Å². The predicted octanol–water partition coefficient (Wildman–Crippen LogP) is 1.60. The Kier molecular flexibility index (Phi) is 4.02. The summed E-state index contributed by atoms with van der Waals surface area (Å²) in [6.07, 6.45) is -4.55. The van der Waals surface area contributed by atoms with Crippen molar-refractivity contribution in [3.8, 4) is 0 Å². The Morgan fingerprint density at radius 3 is 1.92 bits per heavy atom. The minimum Gasteiger partial charge on any atom is -0.380 e. The second-order valence-corrected chi connectivity index (χ2v) is 3.37. The molecular weight excluding hydrogens is 207 g/mol. The second kappa shape index (κ2) is 4.02. The predicted molar refractivity (Wildman–Crippen MR) is 44.7 cm³/mol. The third-order valence-electron chi connectivity index (χ3n) is 2.39. The molecule has 0 aromatic heterocycles. The summed E-state index contributed by atoms with van der Waals surface area (Å²) < 4.78 is 36.5. The number of hydrogen-bond donors (Lipinski definition) is 2. The molecule has 2 nitrogen and oxygen atoms in total. The lowest BCUT2D eigenvalue weighted by molar-refractivity contribution is -0.270. The molecule has 3 N–H and O–H groups in total. The van der Waals surface area contributed by atoms with Gasteiger partial charge < -0.3 is 10.8 Å². The second-order valence-electron chi connectivity index (χ2n) is 3.37. The van der Waals surface area contributed by atoms with Crippen molar-refractivity contribution >= 4 is 12.4 Å². The van der Waals surface area contributed by atoms with Crippen LogP contribution in [0.3, 0.4) is 0 Å². The number of hydrogen-bond acceptors (Lipinski definition) is 2. The summed E-state index contributed by atoms with van der Waals surface area (Å²) in [5.41, 5.74) is 2.94. The maximum atomic E-state index is 12.2. The van der Waals surface area contributed by atoms with Gasteiger partial charge in [-0.1, -0.05) is 0 Å². The molecule has 1 aliphatic carbocycles. The van der Waals surface area contributed by atoms with Gasteiger partial charge in [-0.15, -0.1) is 12.4 Å². The van der Waals surface area contributed by atoms with Gasteiger partial charge >= 0.3 is 6.18 Å². The fourth-order valence-electron chi connectivity index (χ4n) is 1.40. The van der Waals surface area contributed by atoms with Crippen molar-refractivity contribution in [3.63, 3.8) is 0 Å². The highest BCUT2D eigenvalue weighted by molar-refractivity contribution is 5.85. The standard InChI is InChI=1S/C7H12F3NO.ClH/c8-7(9,10)6(12)3-1-5(11)2-4-6;/h5,12H,1-4,11H2;1H. The van der Waals surface area contributed by atoms with Gasteiger partial charge in [-0.25, -0.2) is 0 Å².